The second kappa shape index (κ2) is 6.01. The first-order chi connectivity index (χ1) is 10.5. The van der Waals surface area contributed by atoms with Gasteiger partial charge < -0.3 is 10.4 Å². The van der Waals surface area contributed by atoms with Gasteiger partial charge in [-0.25, -0.2) is 14.4 Å². The highest BCUT2D eigenvalue weighted by molar-refractivity contribution is 5.45. The summed E-state index contributed by atoms with van der Waals surface area (Å²) in [6.45, 7) is 3.81. The minimum absolute atomic E-state index is 0.0111. The average molecular weight is 301 g/mol. The molecule has 116 valence electrons. The summed E-state index contributed by atoms with van der Waals surface area (Å²) in [4.78, 5) is 8.64. The molecule has 1 aliphatic carbocycles. The molecule has 4 nitrogen and oxygen atoms in total. The van der Waals surface area contributed by atoms with Gasteiger partial charge in [0.05, 0.1) is 12.1 Å². The molecule has 3 rings (SSSR count). The first-order valence-corrected chi connectivity index (χ1v) is 7.53. The van der Waals surface area contributed by atoms with Crippen molar-refractivity contribution >= 4 is 5.82 Å². The third kappa shape index (κ3) is 3.09. The topological polar surface area (TPSA) is 58.0 Å². The summed E-state index contributed by atoms with van der Waals surface area (Å²) in [5.41, 5.74) is 1.98. The van der Waals surface area contributed by atoms with Crippen LogP contribution in [0.1, 0.15) is 35.8 Å². The van der Waals surface area contributed by atoms with Crippen molar-refractivity contribution in [2.24, 2.45) is 5.92 Å². The molecule has 1 fully saturated rings. The van der Waals surface area contributed by atoms with Crippen LogP contribution in [0.2, 0.25) is 0 Å². The standard InChI is InChI=1S/C17H20FN3O/c1-10-9-19-11(2)20-17(10)21-16(13-7-15(22)8-13)12-3-5-14(18)6-4-12/h3-6,9,13,15-16,22H,7-8H2,1-2H3,(H,19,20,21). The van der Waals surface area contributed by atoms with E-state index in [1.54, 1.807) is 18.3 Å². The molecule has 0 bridgehead atoms. The maximum absolute atomic E-state index is 13.2. The predicted molar refractivity (Wildman–Crippen MR) is 83.0 cm³/mol. The van der Waals surface area contributed by atoms with Gasteiger partial charge in [-0.15, -0.1) is 0 Å². The zero-order valence-electron chi connectivity index (χ0n) is 12.8. The number of nitrogens with zero attached hydrogens (tertiary/aromatic N) is 2. The zero-order valence-corrected chi connectivity index (χ0v) is 12.8. The number of hydrogen-bond donors (Lipinski definition) is 2. The van der Waals surface area contributed by atoms with Crippen LogP contribution in [0.3, 0.4) is 0 Å². The normalized spacial score (nSPS) is 22.0. The number of anilines is 1. The number of nitrogens with one attached hydrogen (secondary N) is 1. The van der Waals surface area contributed by atoms with Crippen molar-refractivity contribution in [3.05, 3.63) is 53.2 Å². The minimum atomic E-state index is -0.245. The number of benzene rings is 1. The Morgan fingerprint density at radius 1 is 1.23 bits per heavy atom. The van der Waals surface area contributed by atoms with Gasteiger partial charge in [-0.2, -0.15) is 0 Å². The third-order valence-corrected chi connectivity index (χ3v) is 4.23. The van der Waals surface area contributed by atoms with E-state index in [2.05, 4.69) is 15.3 Å². The summed E-state index contributed by atoms with van der Waals surface area (Å²) < 4.78 is 13.2. The quantitative estimate of drug-likeness (QED) is 0.911. The summed E-state index contributed by atoms with van der Waals surface area (Å²) in [5.74, 6) is 1.57. The fourth-order valence-electron chi connectivity index (χ4n) is 2.87. The third-order valence-electron chi connectivity index (χ3n) is 4.23. The van der Waals surface area contributed by atoms with Crippen LogP contribution in [0.5, 0.6) is 0 Å². The lowest BCUT2D eigenvalue weighted by atomic mass is 9.75. The van der Waals surface area contributed by atoms with Gasteiger partial charge in [0.25, 0.3) is 0 Å². The lowest BCUT2D eigenvalue weighted by Gasteiger charge is -2.38. The Balaban J connectivity index is 1.88. The summed E-state index contributed by atoms with van der Waals surface area (Å²) in [6, 6.07) is 6.54. The maximum atomic E-state index is 13.2. The Morgan fingerprint density at radius 3 is 2.55 bits per heavy atom. The number of rotatable bonds is 4. The van der Waals surface area contributed by atoms with Crippen LogP contribution >= 0.6 is 0 Å². The van der Waals surface area contributed by atoms with E-state index >= 15 is 0 Å². The summed E-state index contributed by atoms with van der Waals surface area (Å²) in [5, 5.41) is 13.1. The number of aliphatic hydroxyl groups is 1. The van der Waals surface area contributed by atoms with Gasteiger partial charge in [0.2, 0.25) is 0 Å². The van der Waals surface area contributed by atoms with Gasteiger partial charge >= 0.3 is 0 Å². The smallest absolute Gasteiger partial charge is 0.133 e. The second-order valence-corrected chi connectivity index (χ2v) is 6.01. The molecule has 0 radical (unpaired) electrons. The van der Waals surface area contributed by atoms with Crippen molar-refractivity contribution in [2.75, 3.05) is 5.32 Å². The van der Waals surface area contributed by atoms with Gasteiger partial charge in [0.1, 0.15) is 17.5 Å². The molecular formula is C17H20FN3O. The van der Waals surface area contributed by atoms with Gasteiger partial charge in [-0.3, -0.25) is 0 Å². The molecule has 1 aromatic heterocycles. The fourth-order valence-corrected chi connectivity index (χ4v) is 2.87. The summed E-state index contributed by atoms with van der Waals surface area (Å²) in [7, 11) is 0. The van der Waals surface area contributed by atoms with Crippen molar-refractivity contribution < 1.29 is 9.50 Å². The Morgan fingerprint density at radius 2 is 1.91 bits per heavy atom. The van der Waals surface area contributed by atoms with E-state index in [0.29, 0.717) is 11.7 Å². The van der Waals surface area contributed by atoms with E-state index in [9.17, 15) is 9.50 Å². The molecule has 1 heterocycles. The van der Waals surface area contributed by atoms with Crippen LogP contribution in [-0.2, 0) is 0 Å². The maximum Gasteiger partial charge on any atom is 0.133 e. The molecule has 2 aromatic rings. The molecule has 0 amide bonds. The number of hydrogen-bond acceptors (Lipinski definition) is 4. The molecule has 1 aliphatic rings. The molecular weight excluding hydrogens is 281 g/mol. The molecule has 1 unspecified atom stereocenters. The largest absolute Gasteiger partial charge is 0.393 e. The molecule has 0 saturated heterocycles. The fraction of sp³-hybridized carbons (Fsp3) is 0.412. The van der Waals surface area contributed by atoms with Gasteiger partial charge in [-0.1, -0.05) is 12.1 Å². The minimum Gasteiger partial charge on any atom is -0.393 e. The second-order valence-electron chi connectivity index (χ2n) is 6.01. The van der Waals surface area contributed by atoms with Crippen LogP contribution in [0, 0.1) is 25.6 Å². The van der Waals surface area contributed by atoms with Crippen molar-refractivity contribution in [1.29, 1.82) is 0 Å². The van der Waals surface area contributed by atoms with Crippen LogP contribution < -0.4 is 5.32 Å². The first-order valence-electron chi connectivity index (χ1n) is 7.53. The molecule has 1 atom stereocenters. The van der Waals surface area contributed by atoms with Crippen molar-refractivity contribution in [1.82, 2.24) is 9.97 Å². The SMILES string of the molecule is Cc1ncc(C)c(NC(c2ccc(F)cc2)C2CC(O)C2)n1. The Bertz CT molecular complexity index is 653. The van der Waals surface area contributed by atoms with Crippen molar-refractivity contribution in [2.45, 2.75) is 38.8 Å². The van der Waals surface area contributed by atoms with E-state index in [-0.39, 0.29) is 18.0 Å². The van der Waals surface area contributed by atoms with E-state index in [1.807, 2.05) is 13.8 Å². The van der Waals surface area contributed by atoms with Crippen LogP contribution in [0.15, 0.2) is 30.5 Å². The van der Waals surface area contributed by atoms with E-state index in [0.717, 1.165) is 29.8 Å². The summed E-state index contributed by atoms with van der Waals surface area (Å²) >= 11 is 0. The lowest BCUT2D eigenvalue weighted by molar-refractivity contribution is 0.0339. The Labute approximate surface area is 129 Å². The molecule has 2 N–H and O–H groups in total. The Kier molecular flexibility index (Phi) is 4.07. The monoisotopic (exact) mass is 301 g/mol. The van der Waals surface area contributed by atoms with Gasteiger partial charge in [-0.05, 0) is 50.3 Å². The van der Waals surface area contributed by atoms with E-state index in [1.165, 1.54) is 12.1 Å². The molecule has 1 saturated carbocycles. The van der Waals surface area contributed by atoms with Crippen LogP contribution in [0.25, 0.3) is 0 Å². The van der Waals surface area contributed by atoms with Crippen molar-refractivity contribution in [3.63, 3.8) is 0 Å². The van der Waals surface area contributed by atoms with Crippen LogP contribution in [0.4, 0.5) is 10.2 Å². The lowest BCUT2D eigenvalue weighted by Crippen LogP contribution is -2.36. The Hall–Kier alpha value is -2.01. The molecule has 22 heavy (non-hydrogen) atoms. The molecule has 1 aromatic carbocycles. The zero-order chi connectivity index (χ0) is 15.7. The molecule has 0 spiro atoms. The van der Waals surface area contributed by atoms with E-state index in [4.69, 9.17) is 0 Å². The highest BCUT2D eigenvalue weighted by atomic mass is 19.1. The number of halogens is 1. The predicted octanol–water partition coefficient (Wildman–Crippen LogP) is 3.16. The highest BCUT2D eigenvalue weighted by Gasteiger charge is 2.35. The van der Waals surface area contributed by atoms with Crippen molar-refractivity contribution in [3.8, 4) is 0 Å². The number of aliphatic hydroxyl groups excluding tert-OH is 1. The number of aryl methyl sites for hydroxylation is 2. The number of aromatic nitrogens is 2. The molecule has 0 aliphatic heterocycles. The molecule has 5 heteroatoms. The van der Waals surface area contributed by atoms with E-state index < -0.39 is 0 Å². The first kappa shape index (κ1) is 14.9. The van der Waals surface area contributed by atoms with Gasteiger partial charge in [0.15, 0.2) is 0 Å². The summed E-state index contributed by atoms with van der Waals surface area (Å²) in [6.07, 6.45) is 3.06. The average Bonchev–Trinajstić information content (AvgIpc) is 2.46. The highest BCUT2D eigenvalue weighted by Crippen LogP contribution is 2.40. The van der Waals surface area contributed by atoms with Crippen LogP contribution in [-0.4, -0.2) is 21.2 Å². The van der Waals surface area contributed by atoms with Gasteiger partial charge in [0, 0.05) is 11.8 Å².